The number of H-pyrrole nitrogens is 1. The van der Waals surface area contributed by atoms with Gasteiger partial charge in [-0.2, -0.15) is 5.10 Å². The van der Waals surface area contributed by atoms with E-state index in [4.69, 9.17) is 0 Å². The molecule has 2 amide bonds. The molecule has 0 bridgehead atoms. The Labute approximate surface area is 116 Å². The summed E-state index contributed by atoms with van der Waals surface area (Å²) in [5.41, 5.74) is 1.33. The van der Waals surface area contributed by atoms with Crippen LogP contribution in [0.25, 0.3) is 10.9 Å². The Morgan fingerprint density at radius 2 is 2.10 bits per heavy atom. The zero-order valence-electron chi connectivity index (χ0n) is 11.1. The fourth-order valence-corrected chi connectivity index (χ4v) is 2.41. The first-order chi connectivity index (χ1) is 9.74. The van der Waals surface area contributed by atoms with Crippen molar-refractivity contribution in [1.82, 2.24) is 20.4 Å². The maximum absolute atomic E-state index is 12.0. The van der Waals surface area contributed by atoms with Crippen LogP contribution < -0.4 is 5.32 Å². The van der Waals surface area contributed by atoms with Gasteiger partial charge in [-0.05, 0) is 25.0 Å². The summed E-state index contributed by atoms with van der Waals surface area (Å²) >= 11 is 0. The van der Waals surface area contributed by atoms with Crippen LogP contribution in [0.1, 0.15) is 23.2 Å². The lowest BCUT2D eigenvalue weighted by atomic mass is 10.1. The molecule has 6 heteroatoms. The summed E-state index contributed by atoms with van der Waals surface area (Å²) in [4.78, 5) is 25.7. The van der Waals surface area contributed by atoms with Crippen LogP contribution in [0.3, 0.4) is 0 Å². The number of hydrogen-bond acceptors (Lipinski definition) is 3. The van der Waals surface area contributed by atoms with E-state index in [1.54, 1.807) is 23.2 Å². The highest BCUT2D eigenvalue weighted by Gasteiger charge is 2.18. The first-order valence-electron chi connectivity index (χ1n) is 6.73. The van der Waals surface area contributed by atoms with E-state index < -0.39 is 0 Å². The lowest BCUT2D eigenvalue weighted by Crippen LogP contribution is -2.38. The van der Waals surface area contributed by atoms with E-state index in [9.17, 15) is 9.59 Å². The van der Waals surface area contributed by atoms with Crippen molar-refractivity contribution in [1.29, 1.82) is 0 Å². The number of nitrogens with zero attached hydrogens (tertiary/aromatic N) is 2. The number of carbonyl (C=O) groups excluding carboxylic acids is 2. The van der Waals surface area contributed by atoms with Crippen LogP contribution in [0, 0.1) is 0 Å². The summed E-state index contributed by atoms with van der Waals surface area (Å²) in [6, 6.07) is 5.29. The minimum absolute atomic E-state index is 0.0153. The molecule has 0 aliphatic carbocycles. The number of likely N-dealkylation sites (tertiary alicyclic amines) is 1. The lowest BCUT2D eigenvalue weighted by molar-refractivity contribution is -0.129. The van der Waals surface area contributed by atoms with Gasteiger partial charge in [0.25, 0.3) is 5.91 Å². The predicted molar refractivity (Wildman–Crippen MR) is 74.2 cm³/mol. The predicted octanol–water partition coefficient (Wildman–Crippen LogP) is 0.915. The molecule has 1 fully saturated rings. The minimum atomic E-state index is -0.242. The van der Waals surface area contributed by atoms with Crippen molar-refractivity contribution in [2.24, 2.45) is 0 Å². The number of aromatic nitrogens is 2. The first kappa shape index (κ1) is 12.7. The van der Waals surface area contributed by atoms with Crippen molar-refractivity contribution in [3.05, 3.63) is 30.0 Å². The third-order valence-electron chi connectivity index (χ3n) is 3.56. The largest absolute Gasteiger partial charge is 0.343 e. The van der Waals surface area contributed by atoms with Crippen molar-refractivity contribution in [2.45, 2.75) is 12.8 Å². The Morgan fingerprint density at radius 3 is 2.90 bits per heavy atom. The first-order valence-corrected chi connectivity index (χ1v) is 6.73. The summed E-state index contributed by atoms with van der Waals surface area (Å²) in [6.07, 6.45) is 3.81. The van der Waals surface area contributed by atoms with E-state index in [2.05, 4.69) is 15.5 Å². The van der Waals surface area contributed by atoms with E-state index in [1.165, 1.54) is 0 Å². The Bertz CT molecular complexity index is 643. The second kappa shape index (κ2) is 5.32. The van der Waals surface area contributed by atoms with Gasteiger partial charge < -0.3 is 10.2 Å². The van der Waals surface area contributed by atoms with Gasteiger partial charge in [0.15, 0.2) is 0 Å². The maximum atomic E-state index is 12.0. The van der Waals surface area contributed by atoms with Crippen molar-refractivity contribution >= 4 is 22.7 Å². The number of hydrogen-bond donors (Lipinski definition) is 2. The lowest BCUT2D eigenvalue weighted by Gasteiger charge is -2.15. The van der Waals surface area contributed by atoms with Crippen LogP contribution in [0.15, 0.2) is 24.4 Å². The van der Waals surface area contributed by atoms with E-state index in [1.807, 2.05) is 6.07 Å². The number of rotatable bonds is 3. The molecule has 2 heterocycles. The van der Waals surface area contributed by atoms with Crippen LogP contribution in [0.5, 0.6) is 0 Å². The highest BCUT2D eigenvalue weighted by Crippen LogP contribution is 2.12. The van der Waals surface area contributed by atoms with Gasteiger partial charge in [0.2, 0.25) is 5.91 Å². The molecule has 0 radical (unpaired) electrons. The van der Waals surface area contributed by atoms with E-state index in [0.717, 1.165) is 36.8 Å². The summed E-state index contributed by atoms with van der Waals surface area (Å²) in [7, 11) is 0. The fraction of sp³-hybridized carbons (Fsp3) is 0.357. The molecule has 2 aromatic rings. The Kier molecular flexibility index (Phi) is 3.37. The highest BCUT2D eigenvalue weighted by atomic mass is 16.2. The van der Waals surface area contributed by atoms with E-state index in [0.29, 0.717) is 5.56 Å². The number of aromatic amines is 1. The van der Waals surface area contributed by atoms with Crippen LogP contribution in [-0.2, 0) is 4.79 Å². The molecule has 0 spiro atoms. The molecule has 0 atom stereocenters. The topological polar surface area (TPSA) is 78.1 Å². The van der Waals surface area contributed by atoms with Crippen LogP contribution in [0.2, 0.25) is 0 Å². The minimum Gasteiger partial charge on any atom is -0.343 e. The number of benzene rings is 1. The van der Waals surface area contributed by atoms with Gasteiger partial charge in [-0.3, -0.25) is 14.7 Å². The molecular formula is C14H16N4O2. The van der Waals surface area contributed by atoms with Crippen LogP contribution >= 0.6 is 0 Å². The SMILES string of the molecule is O=C(NCC(=O)N1CCCC1)c1ccc2cn[nH]c2c1. The van der Waals surface area contributed by atoms with E-state index in [-0.39, 0.29) is 18.4 Å². The van der Waals surface area contributed by atoms with Crippen molar-refractivity contribution in [3.8, 4) is 0 Å². The van der Waals surface area contributed by atoms with Crippen LogP contribution in [-0.4, -0.2) is 46.5 Å². The molecule has 1 aromatic heterocycles. The Morgan fingerprint density at radius 1 is 1.30 bits per heavy atom. The van der Waals surface area contributed by atoms with Gasteiger partial charge in [0, 0.05) is 24.0 Å². The molecule has 1 aliphatic rings. The second-order valence-electron chi connectivity index (χ2n) is 4.94. The quantitative estimate of drug-likeness (QED) is 0.872. The normalized spacial score (nSPS) is 14.7. The van der Waals surface area contributed by atoms with Crippen molar-refractivity contribution < 1.29 is 9.59 Å². The van der Waals surface area contributed by atoms with Gasteiger partial charge in [0.1, 0.15) is 0 Å². The van der Waals surface area contributed by atoms with Crippen LogP contribution in [0.4, 0.5) is 0 Å². The van der Waals surface area contributed by atoms with Crippen molar-refractivity contribution in [3.63, 3.8) is 0 Å². The molecule has 20 heavy (non-hydrogen) atoms. The van der Waals surface area contributed by atoms with Gasteiger partial charge in [-0.15, -0.1) is 0 Å². The monoisotopic (exact) mass is 272 g/mol. The summed E-state index contributed by atoms with van der Waals surface area (Å²) in [5, 5.41) is 10.4. The van der Waals surface area contributed by atoms with Gasteiger partial charge in [-0.25, -0.2) is 0 Å². The molecule has 104 valence electrons. The molecule has 1 saturated heterocycles. The van der Waals surface area contributed by atoms with Gasteiger partial charge >= 0.3 is 0 Å². The number of fused-ring (bicyclic) bond motifs is 1. The highest BCUT2D eigenvalue weighted by molar-refractivity contribution is 5.99. The molecule has 2 N–H and O–H groups in total. The summed E-state index contributed by atoms with van der Waals surface area (Å²) < 4.78 is 0. The molecule has 6 nitrogen and oxygen atoms in total. The molecular weight excluding hydrogens is 256 g/mol. The number of carbonyl (C=O) groups is 2. The molecule has 1 aromatic carbocycles. The number of amides is 2. The summed E-state index contributed by atoms with van der Waals surface area (Å²) in [6.45, 7) is 1.66. The number of nitrogens with one attached hydrogen (secondary N) is 2. The molecule has 1 aliphatic heterocycles. The third-order valence-corrected chi connectivity index (χ3v) is 3.56. The zero-order chi connectivity index (χ0) is 13.9. The average Bonchev–Trinajstić information content (AvgIpc) is 3.13. The third kappa shape index (κ3) is 2.49. The van der Waals surface area contributed by atoms with Crippen molar-refractivity contribution in [2.75, 3.05) is 19.6 Å². The standard InChI is InChI=1S/C14H16N4O2/c19-13(18-5-1-2-6-18)9-15-14(20)10-3-4-11-8-16-17-12(11)7-10/h3-4,7-8H,1-2,5-6,9H2,(H,15,20)(H,16,17). The second-order valence-corrected chi connectivity index (χ2v) is 4.94. The maximum Gasteiger partial charge on any atom is 0.251 e. The summed E-state index contributed by atoms with van der Waals surface area (Å²) in [5.74, 6) is -0.257. The molecule has 3 rings (SSSR count). The average molecular weight is 272 g/mol. The smallest absolute Gasteiger partial charge is 0.251 e. The molecule has 0 unspecified atom stereocenters. The van der Waals surface area contributed by atoms with Gasteiger partial charge in [0.05, 0.1) is 18.3 Å². The zero-order valence-corrected chi connectivity index (χ0v) is 11.1. The van der Waals surface area contributed by atoms with E-state index >= 15 is 0 Å². The fourth-order valence-electron chi connectivity index (χ4n) is 2.41. The Balaban J connectivity index is 1.62. The van der Waals surface area contributed by atoms with Gasteiger partial charge in [-0.1, -0.05) is 6.07 Å². The Hall–Kier alpha value is -2.37. The molecule has 0 saturated carbocycles.